The van der Waals surface area contributed by atoms with Gasteiger partial charge in [-0.15, -0.1) is 11.3 Å². The maximum Gasteiger partial charge on any atom is 0.277 e. The Balaban J connectivity index is 1.39. The summed E-state index contributed by atoms with van der Waals surface area (Å²) in [5.74, 6) is 2.13. The number of likely N-dealkylation sites (tertiary alicyclic amines) is 1. The first-order valence-corrected chi connectivity index (χ1v) is 11.6. The first-order valence-electron chi connectivity index (χ1n) is 10.8. The van der Waals surface area contributed by atoms with Crippen LogP contribution in [-0.2, 0) is 0 Å². The summed E-state index contributed by atoms with van der Waals surface area (Å²) in [5, 5.41) is 2.64. The lowest BCUT2D eigenvalue weighted by atomic mass is 9.99. The molecule has 0 spiro atoms. The maximum absolute atomic E-state index is 12.8. The van der Waals surface area contributed by atoms with Gasteiger partial charge in [0.05, 0.1) is 24.8 Å². The van der Waals surface area contributed by atoms with Gasteiger partial charge in [-0.1, -0.05) is 6.92 Å². The Labute approximate surface area is 184 Å². The number of ether oxygens (including phenoxy) is 2. The molecule has 0 N–H and O–H groups in total. The van der Waals surface area contributed by atoms with Gasteiger partial charge in [-0.2, -0.15) is 0 Å². The molecule has 0 unspecified atom stereocenters. The fourth-order valence-corrected chi connectivity index (χ4v) is 4.97. The molecule has 1 saturated heterocycles. The minimum atomic E-state index is -0.101. The lowest BCUT2D eigenvalue weighted by molar-refractivity contribution is 0.176. The van der Waals surface area contributed by atoms with E-state index in [9.17, 15) is 4.79 Å². The van der Waals surface area contributed by atoms with Crippen LogP contribution in [0.15, 0.2) is 34.7 Å². The van der Waals surface area contributed by atoms with E-state index < -0.39 is 0 Å². The zero-order valence-electron chi connectivity index (χ0n) is 17.8. The maximum atomic E-state index is 12.8. The highest BCUT2D eigenvalue weighted by molar-refractivity contribution is 7.17. The van der Waals surface area contributed by atoms with Gasteiger partial charge in [-0.05, 0) is 55.8 Å². The summed E-state index contributed by atoms with van der Waals surface area (Å²) in [5.41, 5.74) is 1.90. The van der Waals surface area contributed by atoms with Gasteiger partial charge in [0.25, 0.3) is 5.56 Å². The standard InChI is InChI=1S/C23H26N4O3S/c1-15-4-8-26(9-5-15)7-3-10-30-20-13-18-16(12-19(20)29-2)22-25-17-6-11-31-21(17)23(28)27(22)14-24-18/h6,11-15H,3-5,7-10H2,1-2H3. The second-order valence-electron chi connectivity index (χ2n) is 8.24. The van der Waals surface area contributed by atoms with Gasteiger partial charge in [0, 0.05) is 18.0 Å². The highest BCUT2D eigenvalue weighted by Crippen LogP contribution is 2.33. The van der Waals surface area contributed by atoms with Crippen LogP contribution in [0.3, 0.4) is 0 Å². The summed E-state index contributed by atoms with van der Waals surface area (Å²) in [6.07, 6.45) is 5.08. The number of fused-ring (bicyclic) bond motifs is 4. The van der Waals surface area contributed by atoms with Crippen molar-refractivity contribution in [3.63, 3.8) is 0 Å². The van der Waals surface area contributed by atoms with Gasteiger partial charge in [0.15, 0.2) is 17.1 Å². The van der Waals surface area contributed by atoms with Gasteiger partial charge in [0.2, 0.25) is 0 Å². The molecular formula is C23H26N4O3S. The van der Waals surface area contributed by atoms with Crippen LogP contribution < -0.4 is 15.0 Å². The third-order valence-electron chi connectivity index (χ3n) is 6.10. The minimum Gasteiger partial charge on any atom is -0.493 e. The minimum absolute atomic E-state index is 0.101. The van der Waals surface area contributed by atoms with Crippen molar-refractivity contribution < 1.29 is 9.47 Å². The molecule has 0 atom stereocenters. The molecule has 31 heavy (non-hydrogen) atoms. The Bertz CT molecular complexity index is 1290. The monoisotopic (exact) mass is 438 g/mol. The number of thiophene rings is 1. The van der Waals surface area contributed by atoms with E-state index in [1.54, 1.807) is 13.4 Å². The van der Waals surface area contributed by atoms with E-state index in [1.165, 1.54) is 41.7 Å². The van der Waals surface area contributed by atoms with Crippen molar-refractivity contribution in [1.29, 1.82) is 0 Å². The predicted molar refractivity (Wildman–Crippen MR) is 124 cm³/mol. The van der Waals surface area contributed by atoms with E-state index in [1.807, 2.05) is 23.6 Å². The number of aromatic nitrogens is 3. The average Bonchev–Trinajstić information content (AvgIpc) is 3.26. The Morgan fingerprint density at radius 3 is 2.84 bits per heavy atom. The van der Waals surface area contributed by atoms with Crippen molar-refractivity contribution in [3.8, 4) is 11.5 Å². The topological polar surface area (TPSA) is 69.0 Å². The molecule has 0 radical (unpaired) electrons. The number of hydrogen-bond donors (Lipinski definition) is 0. The summed E-state index contributed by atoms with van der Waals surface area (Å²) < 4.78 is 13.8. The zero-order chi connectivity index (χ0) is 21.4. The van der Waals surface area contributed by atoms with E-state index in [0.717, 1.165) is 29.8 Å². The normalized spacial score (nSPS) is 15.8. The van der Waals surface area contributed by atoms with E-state index in [-0.39, 0.29) is 5.56 Å². The number of piperidine rings is 1. The molecule has 8 heteroatoms. The van der Waals surface area contributed by atoms with Gasteiger partial charge < -0.3 is 14.4 Å². The van der Waals surface area contributed by atoms with Crippen molar-refractivity contribution in [2.75, 3.05) is 33.4 Å². The van der Waals surface area contributed by atoms with Crippen molar-refractivity contribution in [1.82, 2.24) is 19.3 Å². The number of methoxy groups -OCH3 is 1. The number of hydrogen-bond acceptors (Lipinski definition) is 7. The second-order valence-corrected chi connectivity index (χ2v) is 9.15. The first-order chi connectivity index (χ1) is 15.1. The van der Waals surface area contributed by atoms with E-state index in [2.05, 4.69) is 16.8 Å². The molecule has 0 saturated carbocycles. The average molecular weight is 439 g/mol. The fourth-order valence-electron chi connectivity index (χ4n) is 4.20. The summed E-state index contributed by atoms with van der Waals surface area (Å²) in [7, 11) is 1.62. The summed E-state index contributed by atoms with van der Waals surface area (Å²) in [6.45, 7) is 6.37. The quantitative estimate of drug-likeness (QED) is 0.335. The third kappa shape index (κ3) is 3.85. The third-order valence-corrected chi connectivity index (χ3v) is 6.99. The second kappa shape index (κ2) is 8.43. The lowest BCUT2D eigenvalue weighted by Gasteiger charge is -2.30. The number of benzene rings is 1. The molecule has 0 bridgehead atoms. The fraction of sp³-hybridized carbons (Fsp3) is 0.435. The van der Waals surface area contributed by atoms with Crippen LogP contribution in [0.2, 0.25) is 0 Å². The van der Waals surface area contributed by atoms with Crippen LogP contribution >= 0.6 is 11.3 Å². The Hall–Kier alpha value is -2.71. The Morgan fingerprint density at radius 1 is 1.19 bits per heavy atom. The van der Waals surface area contributed by atoms with E-state index >= 15 is 0 Å². The van der Waals surface area contributed by atoms with Crippen LogP contribution in [-0.4, -0.2) is 52.6 Å². The molecule has 3 aromatic heterocycles. The molecule has 1 fully saturated rings. The molecule has 0 amide bonds. The van der Waals surface area contributed by atoms with Crippen molar-refractivity contribution >= 4 is 38.1 Å². The van der Waals surface area contributed by atoms with Crippen LogP contribution in [0, 0.1) is 5.92 Å². The van der Waals surface area contributed by atoms with E-state index in [4.69, 9.17) is 14.5 Å². The number of nitrogens with zero attached hydrogens (tertiary/aromatic N) is 4. The zero-order valence-corrected chi connectivity index (χ0v) is 18.7. The summed E-state index contributed by atoms with van der Waals surface area (Å²) in [4.78, 5) is 24.5. The van der Waals surface area contributed by atoms with Gasteiger partial charge >= 0.3 is 0 Å². The lowest BCUT2D eigenvalue weighted by Crippen LogP contribution is -2.34. The molecule has 4 heterocycles. The van der Waals surface area contributed by atoms with Crippen LogP contribution in [0.1, 0.15) is 26.2 Å². The van der Waals surface area contributed by atoms with Crippen LogP contribution in [0.5, 0.6) is 11.5 Å². The molecule has 1 aliphatic heterocycles. The summed E-state index contributed by atoms with van der Waals surface area (Å²) in [6, 6.07) is 5.61. The first kappa shape index (κ1) is 20.2. The Kier molecular flexibility index (Phi) is 5.50. The molecule has 4 aromatic rings. The summed E-state index contributed by atoms with van der Waals surface area (Å²) >= 11 is 1.39. The van der Waals surface area contributed by atoms with Crippen LogP contribution in [0.25, 0.3) is 26.8 Å². The molecule has 1 aliphatic rings. The largest absolute Gasteiger partial charge is 0.493 e. The number of rotatable bonds is 6. The van der Waals surface area contributed by atoms with Gasteiger partial charge in [0.1, 0.15) is 11.0 Å². The van der Waals surface area contributed by atoms with Gasteiger partial charge in [-0.3, -0.25) is 4.79 Å². The molecule has 0 aliphatic carbocycles. The Morgan fingerprint density at radius 2 is 2.03 bits per heavy atom. The molecular weight excluding hydrogens is 412 g/mol. The molecule has 5 rings (SSSR count). The van der Waals surface area contributed by atoms with Crippen molar-refractivity contribution in [2.45, 2.75) is 26.2 Å². The van der Waals surface area contributed by atoms with Gasteiger partial charge in [-0.25, -0.2) is 14.4 Å². The molecule has 162 valence electrons. The molecule has 1 aromatic carbocycles. The van der Waals surface area contributed by atoms with E-state index in [0.29, 0.717) is 34.0 Å². The van der Waals surface area contributed by atoms with Crippen LogP contribution in [0.4, 0.5) is 0 Å². The predicted octanol–water partition coefficient (Wildman–Crippen LogP) is 3.97. The van der Waals surface area contributed by atoms with Crippen molar-refractivity contribution in [2.24, 2.45) is 5.92 Å². The highest BCUT2D eigenvalue weighted by atomic mass is 32.1. The molecule has 7 nitrogen and oxygen atoms in total. The van der Waals surface area contributed by atoms with Crippen molar-refractivity contribution in [3.05, 3.63) is 40.3 Å². The highest BCUT2D eigenvalue weighted by Gasteiger charge is 2.16. The SMILES string of the molecule is COc1cc2c(cc1OCCCN1CCC(C)CC1)ncn1c(=O)c3sccc3nc21. The smallest absolute Gasteiger partial charge is 0.277 e.